The van der Waals surface area contributed by atoms with Gasteiger partial charge in [0.25, 0.3) is 0 Å². The molecule has 136 valence electrons. The highest BCUT2D eigenvalue weighted by molar-refractivity contribution is 9.10. The molecular formula is C18H20BrCl2NO3. The summed E-state index contributed by atoms with van der Waals surface area (Å²) in [4.78, 5) is 0. The van der Waals surface area contributed by atoms with Gasteiger partial charge in [0.15, 0.2) is 11.5 Å². The Labute approximate surface area is 166 Å². The Bertz CT molecular complexity index is 713. The largest absolute Gasteiger partial charge is 0.493 e. The molecule has 0 atom stereocenters. The monoisotopic (exact) mass is 447 g/mol. The van der Waals surface area contributed by atoms with E-state index in [4.69, 9.17) is 37.4 Å². The van der Waals surface area contributed by atoms with Crippen LogP contribution in [0, 0.1) is 0 Å². The Morgan fingerprint density at radius 3 is 2.52 bits per heavy atom. The van der Waals surface area contributed by atoms with Crippen LogP contribution in [0.25, 0.3) is 0 Å². The number of nitrogens with one attached hydrogen (secondary N) is 1. The fourth-order valence-corrected chi connectivity index (χ4v) is 2.96. The summed E-state index contributed by atoms with van der Waals surface area (Å²) in [5.41, 5.74) is 2.01. The summed E-state index contributed by atoms with van der Waals surface area (Å²) < 4.78 is 17.3. The zero-order valence-corrected chi connectivity index (χ0v) is 17.2. The van der Waals surface area contributed by atoms with Crippen LogP contribution in [-0.4, -0.2) is 27.4 Å². The smallest absolute Gasteiger partial charge is 0.162 e. The maximum absolute atomic E-state index is 6.04. The fraction of sp³-hybridized carbons (Fsp3) is 0.333. The Balaban J connectivity index is 2.06. The SMILES string of the molecule is COCCNCc1cc(OC)c(OCc2ccc(Cl)c(Cl)c2)cc1Br. The van der Waals surface area contributed by atoms with Crippen molar-refractivity contribution in [2.24, 2.45) is 0 Å². The van der Waals surface area contributed by atoms with Crippen LogP contribution in [0.2, 0.25) is 10.0 Å². The lowest BCUT2D eigenvalue weighted by molar-refractivity contribution is 0.199. The summed E-state index contributed by atoms with van der Waals surface area (Å²) in [7, 11) is 3.30. The second kappa shape index (κ2) is 10.2. The Hall–Kier alpha value is -0.980. The van der Waals surface area contributed by atoms with Gasteiger partial charge in [0.1, 0.15) is 6.61 Å². The van der Waals surface area contributed by atoms with Crippen molar-refractivity contribution in [2.75, 3.05) is 27.4 Å². The molecule has 2 aromatic rings. The van der Waals surface area contributed by atoms with Crippen molar-refractivity contribution in [3.05, 3.63) is 56.0 Å². The lowest BCUT2D eigenvalue weighted by atomic mass is 10.2. The molecule has 1 N–H and O–H groups in total. The van der Waals surface area contributed by atoms with E-state index in [-0.39, 0.29) is 0 Å². The summed E-state index contributed by atoms with van der Waals surface area (Å²) >= 11 is 15.5. The second-order valence-corrected chi connectivity index (χ2v) is 6.97. The highest BCUT2D eigenvalue weighted by Crippen LogP contribution is 2.34. The molecule has 0 saturated carbocycles. The molecule has 0 bridgehead atoms. The van der Waals surface area contributed by atoms with Crippen LogP contribution >= 0.6 is 39.1 Å². The number of rotatable bonds is 9. The minimum absolute atomic E-state index is 0.366. The van der Waals surface area contributed by atoms with Crippen LogP contribution in [0.15, 0.2) is 34.8 Å². The third-order valence-electron chi connectivity index (χ3n) is 3.51. The Kier molecular flexibility index (Phi) is 8.33. The van der Waals surface area contributed by atoms with Gasteiger partial charge in [0.2, 0.25) is 0 Å². The van der Waals surface area contributed by atoms with Crippen LogP contribution in [0.1, 0.15) is 11.1 Å². The summed E-state index contributed by atoms with van der Waals surface area (Å²) in [6, 6.07) is 9.28. The van der Waals surface area contributed by atoms with Gasteiger partial charge in [0, 0.05) is 24.7 Å². The molecule has 0 unspecified atom stereocenters. The zero-order chi connectivity index (χ0) is 18.2. The summed E-state index contributed by atoms with van der Waals surface area (Å²) in [6.45, 7) is 2.51. The number of hydrogen-bond acceptors (Lipinski definition) is 4. The van der Waals surface area contributed by atoms with E-state index >= 15 is 0 Å². The van der Waals surface area contributed by atoms with Gasteiger partial charge in [-0.05, 0) is 35.4 Å². The molecule has 7 heteroatoms. The normalized spacial score (nSPS) is 10.8. The van der Waals surface area contributed by atoms with Gasteiger partial charge in [-0.3, -0.25) is 0 Å². The highest BCUT2D eigenvalue weighted by atomic mass is 79.9. The summed E-state index contributed by atoms with van der Waals surface area (Å²) in [5, 5.41) is 4.34. The Morgan fingerprint density at radius 1 is 1.04 bits per heavy atom. The molecule has 0 aromatic heterocycles. The van der Waals surface area contributed by atoms with Crippen molar-refractivity contribution >= 4 is 39.1 Å². The van der Waals surface area contributed by atoms with E-state index in [1.165, 1.54) is 0 Å². The van der Waals surface area contributed by atoms with Crippen LogP contribution in [0.5, 0.6) is 11.5 Å². The van der Waals surface area contributed by atoms with Crippen molar-refractivity contribution in [3.8, 4) is 11.5 Å². The third kappa shape index (κ3) is 6.04. The van der Waals surface area contributed by atoms with E-state index in [9.17, 15) is 0 Å². The molecule has 2 rings (SSSR count). The summed E-state index contributed by atoms with van der Waals surface area (Å²) in [5.74, 6) is 1.33. The van der Waals surface area contributed by atoms with Crippen molar-refractivity contribution in [1.82, 2.24) is 5.32 Å². The van der Waals surface area contributed by atoms with Gasteiger partial charge in [0.05, 0.1) is 23.8 Å². The molecule has 0 spiro atoms. The van der Waals surface area contributed by atoms with Crippen LogP contribution in [0.3, 0.4) is 0 Å². The van der Waals surface area contributed by atoms with Crippen molar-refractivity contribution in [3.63, 3.8) is 0 Å². The first kappa shape index (κ1) is 20.3. The average Bonchev–Trinajstić information content (AvgIpc) is 2.61. The quantitative estimate of drug-likeness (QED) is 0.543. The maximum atomic E-state index is 6.04. The average molecular weight is 449 g/mol. The number of methoxy groups -OCH3 is 2. The van der Waals surface area contributed by atoms with Gasteiger partial charge < -0.3 is 19.5 Å². The van der Waals surface area contributed by atoms with Gasteiger partial charge in [-0.25, -0.2) is 0 Å². The molecule has 0 saturated heterocycles. The number of halogens is 3. The topological polar surface area (TPSA) is 39.7 Å². The van der Waals surface area contributed by atoms with Gasteiger partial charge in [-0.2, -0.15) is 0 Å². The number of ether oxygens (including phenoxy) is 3. The minimum Gasteiger partial charge on any atom is -0.493 e. The maximum Gasteiger partial charge on any atom is 0.162 e. The number of benzene rings is 2. The second-order valence-electron chi connectivity index (χ2n) is 5.30. The lowest BCUT2D eigenvalue weighted by Crippen LogP contribution is -2.18. The predicted octanol–water partition coefficient (Wildman–Crippen LogP) is 5.08. The van der Waals surface area contributed by atoms with E-state index in [0.29, 0.717) is 41.3 Å². The first-order valence-corrected chi connectivity index (χ1v) is 9.22. The molecule has 0 amide bonds. The number of hydrogen-bond donors (Lipinski definition) is 1. The third-order valence-corrected chi connectivity index (χ3v) is 4.99. The molecule has 0 aliphatic rings. The first-order chi connectivity index (χ1) is 12.0. The molecule has 0 fully saturated rings. The van der Waals surface area contributed by atoms with E-state index in [1.54, 1.807) is 26.4 Å². The fourth-order valence-electron chi connectivity index (χ4n) is 2.17. The van der Waals surface area contributed by atoms with E-state index in [2.05, 4.69) is 21.2 Å². The van der Waals surface area contributed by atoms with E-state index < -0.39 is 0 Å². The van der Waals surface area contributed by atoms with E-state index in [1.807, 2.05) is 18.2 Å². The summed E-state index contributed by atoms with van der Waals surface area (Å²) in [6.07, 6.45) is 0. The van der Waals surface area contributed by atoms with Gasteiger partial charge >= 0.3 is 0 Å². The first-order valence-electron chi connectivity index (χ1n) is 7.68. The predicted molar refractivity (Wildman–Crippen MR) is 105 cm³/mol. The molecule has 0 aliphatic carbocycles. The molecule has 0 aliphatic heterocycles. The zero-order valence-electron chi connectivity index (χ0n) is 14.1. The van der Waals surface area contributed by atoms with Gasteiger partial charge in [-0.1, -0.05) is 45.2 Å². The van der Waals surface area contributed by atoms with Gasteiger partial charge in [-0.15, -0.1) is 0 Å². The van der Waals surface area contributed by atoms with Crippen LogP contribution in [0.4, 0.5) is 0 Å². The molecular weight excluding hydrogens is 429 g/mol. The molecule has 4 nitrogen and oxygen atoms in total. The Morgan fingerprint density at radius 2 is 1.84 bits per heavy atom. The van der Waals surface area contributed by atoms with Crippen molar-refractivity contribution in [1.29, 1.82) is 0 Å². The van der Waals surface area contributed by atoms with Crippen molar-refractivity contribution < 1.29 is 14.2 Å². The molecule has 0 radical (unpaired) electrons. The highest BCUT2D eigenvalue weighted by Gasteiger charge is 2.11. The lowest BCUT2D eigenvalue weighted by Gasteiger charge is -2.15. The molecule has 25 heavy (non-hydrogen) atoms. The van der Waals surface area contributed by atoms with Crippen LogP contribution < -0.4 is 14.8 Å². The minimum atomic E-state index is 0.366. The van der Waals surface area contributed by atoms with E-state index in [0.717, 1.165) is 22.1 Å². The van der Waals surface area contributed by atoms with Crippen molar-refractivity contribution in [2.45, 2.75) is 13.2 Å². The standard InChI is InChI=1S/C18H20BrCl2NO3/c1-23-6-5-22-10-13-8-17(24-2)18(9-14(13)19)25-11-12-3-4-15(20)16(21)7-12/h3-4,7-9,22H,5-6,10-11H2,1-2H3. The van der Waals surface area contributed by atoms with Crippen LogP contribution in [-0.2, 0) is 17.9 Å². The molecule has 2 aromatic carbocycles. The molecule has 0 heterocycles.